The maximum atomic E-state index is 13.0. The summed E-state index contributed by atoms with van der Waals surface area (Å²) < 4.78 is 12.0. The molecule has 0 aliphatic rings. The highest BCUT2D eigenvalue weighted by Gasteiger charge is 2.17. The van der Waals surface area contributed by atoms with Crippen LogP contribution in [0.5, 0.6) is 11.6 Å². The minimum atomic E-state index is -0.814. The molecule has 0 N–H and O–H groups in total. The maximum Gasteiger partial charge on any atom is 0.348 e. The van der Waals surface area contributed by atoms with Gasteiger partial charge in [-0.3, -0.25) is 9.20 Å². The number of pyridine rings is 1. The molecular weight excluding hydrogens is 370 g/mol. The van der Waals surface area contributed by atoms with Crippen LogP contribution in [-0.2, 0) is 16.0 Å². The molecule has 146 valence electrons. The number of nitrogens with zero attached hydrogens (tertiary/aromatic N) is 3. The first-order chi connectivity index (χ1) is 14.1. The summed E-state index contributed by atoms with van der Waals surface area (Å²) in [7, 11) is 0. The average Bonchev–Trinajstić information content (AvgIpc) is 2.74. The fourth-order valence-corrected chi connectivity index (χ4v) is 2.68. The van der Waals surface area contributed by atoms with Gasteiger partial charge in [0.05, 0.1) is 6.61 Å². The Balaban J connectivity index is 2.16. The number of hydrogen-bond donors (Lipinski definition) is 0. The van der Waals surface area contributed by atoms with Crippen molar-refractivity contribution in [3.8, 4) is 17.7 Å². The number of aromatic nitrogens is 2. The van der Waals surface area contributed by atoms with Gasteiger partial charge in [0, 0.05) is 6.20 Å². The van der Waals surface area contributed by atoms with Crippen molar-refractivity contribution in [3.05, 3.63) is 75.7 Å². The molecule has 3 rings (SSSR count). The van der Waals surface area contributed by atoms with Gasteiger partial charge in [0.25, 0.3) is 5.56 Å². The van der Waals surface area contributed by atoms with Crippen molar-refractivity contribution < 1.29 is 14.3 Å². The predicted octanol–water partition coefficient (Wildman–Crippen LogP) is 3.52. The number of esters is 1. The lowest BCUT2D eigenvalue weighted by molar-refractivity contribution is -0.137. The Hall–Kier alpha value is -3.92. The minimum absolute atomic E-state index is 0.00231. The molecule has 0 aliphatic carbocycles. The highest BCUT2D eigenvalue weighted by molar-refractivity contribution is 5.98. The van der Waals surface area contributed by atoms with Crippen molar-refractivity contribution in [1.82, 2.24) is 9.38 Å². The summed E-state index contributed by atoms with van der Waals surface area (Å²) in [5, 5.41) is 9.34. The zero-order valence-corrected chi connectivity index (χ0v) is 16.1. The number of fused-ring (bicyclic) bond motifs is 1. The smallest absolute Gasteiger partial charge is 0.348 e. The summed E-state index contributed by atoms with van der Waals surface area (Å²) in [4.78, 5) is 29.4. The van der Waals surface area contributed by atoms with E-state index in [9.17, 15) is 14.9 Å². The lowest BCUT2D eigenvalue weighted by atomic mass is 10.1. The molecule has 0 bridgehead atoms. The molecule has 7 heteroatoms. The van der Waals surface area contributed by atoms with E-state index in [2.05, 4.69) is 4.98 Å². The number of nitriles is 1. The van der Waals surface area contributed by atoms with Crippen LogP contribution < -0.4 is 10.3 Å². The summed E-state index contributed by atoms with van der Waals surface area (Å²) >= 11 is 0. The van der Waals surface area contributed by atoms with Gasteiger partial charge in [-0.2, -0.15) is 10.2 Å². The predicted molar refractivity (Wildman–Crippen MR) is 108 cm³/mol. The molecule has 0 fully saturated rings. The Morgan fingerprint density at radius 1 is 1.21 bits per heavy atom. The van der Waals surface area contributed by atoms with E-state index in [1.54, 1.807) is 49.5 Å². The van der Waals surface area contributed by atoms with E-state index in [0.717, 1.165) is 18.1 Å². The van der Waals surface area contributed by atoms with Gasteiger partial charge >= 0.3 is 5.97 Å². The Morgan fingerprint density at radius 3 is 2.62 bits per heavy atom. The summed E-state index contributed by atoms with van der Waals surface area (Å²) in [6, 6.07) is 14.2. The van der Waals surface area contributed by atoms with Gasteiger partial charge in [0.1, 0.15) is 28.6 Å². The van der Waals surface area contributed by atoms with Gasteiger partial charge in [-0.15, -0.1) is 0 Å². The summed E-state index contributed by atoms with van der Waals surface area (Å²) in [6.07, 6.45) is 3.59. The number of carbonyl (C=O) groups excluding carboxylic acids is 1. The molecule has 0 saturated heterocycles. The maximum absolute atomic E-state index is 13.0. The van der Waals surface area contributed by atoms with E-state index in [-0.39, 0.29) is 23.6 Å². The normalized spacial score (nSPS) is 11.1. The van der Waals surface area contributed by atoms with Crippen molar-refractivity contribution in [1.29, 1.82) is 5.26 Å². The van der Waals surface area contributed by atoms with Gasteiger partial charge in [0.2, 0.25) is 5.88 Å². The van der Waals surface area contributed by atoms with Crippen LogP contribution in [0.15, 0.2) is 59.0 Å². The second-order valence-electron chi connectivity index (χ2n) is 6.05. The second kappa shape index (κ2) is 8.85. The summed E-state index contributed by atoms with van der Waals surface area (Å²) in [6.45, 7) is 3.79. The number of hydrogen-bond acceptors (Lipinski definition) is 6. The standard InChI is InChI=1S/C22H19N3O4/c1-3-15-8-10-17(11-9-15)29-20-18(13-16(14-23)22(27)28-4-2)21(26)25-12-6-5-7-19(25)24-20/h5-13H,3-4H2,1-2H3. The molecule has 1 aromatic carbocycles. The van der Waals surface area contributed by atoms with Crippen molar-refractivity contribution in [2.45, 2.75) is 20.3 Å². The van der Waals surface area contributed by atoms with Crippen molar-refractivity contribution in [2.24, 2.45) is 0 Å². The number of ether oxygens (including phenoxy) is 2. The summed E-state index contributed by atoms with van der Waals surface area (Å²) in [5.74, 6) is -0.327. The van der Waals surface area contributed by atoms with Gasteiger partial charge in [-0.1, -0.05) is 25.1 Å². The molecule has 0 saturated carbocycles. The fraction of sp³-hybridized carbons (Fsp3) is 0.182. The lowest BCUT2D eigenvalue weighted by Gasteiger charge is -2.10. The first-order valence-corrected chi connectivity index (χ1v) is 9.14. The van der Waals surface area contributed by atoms with Crippen molar-refractivity contribution in [2.75, 3.05) is 6.61 Å². The van der Waals surface area contributed by atoms with Crippen LogP contribution in [0.1, 0.15) is 25.0 Å². The molecule has 0 aliphatic heterocycles. The van der Waals surface area contributed by atoms with Gasteiger partial charge < -0.3 is 9.47 Å². The second-order valence-corrected chi connectivity index (χ2v) is 6.05. The molecular formula is C22H19N3O4. The lowest BCUT2D eigenvalue weighted by Crippen LogP contribution is -2.19. The van der Waals surface area contributed by atoms with Crippen LogP contribution in [0.3, 0.4) is 0 Å². The van der Waals surface area contributed by atoms with E-state index in [1.807, 2.05) is 19.1 Å². The van der Waals surface area contributed by atoms with Crippen LogP contribution in [0.4, 0.5) is 0 Å². The first kappa shape index (κ1) is 19.8. The quantitative estimate of drug-likeness (QED) is 0.364. The van der Waals surface area contributed by atoms with Crippen LogP contribution >= 0.6 is 0 Å². The molecule has 2 heterocycles. The van der Waals surface area contributed by atoms with E-state index >= 15 is 0 Å². The average molecular weight is 389 g/mol. The van der Waals surface area contributed by atoms with E-state index < -0.39 is 11.5 Å². The largest absolute Gasteiger partial charge is 0.462 e. The third-order valence-electron chi connectivity index (χ3n) is 4.18. The molecule has 29 heavy (non-hydrogen) atoms. The van der Waals surface area contributed by atoms with Crippen LogP contribution in [0.25, 0.3) is 11.7 Å². The van der Waals surface area contributed by atoms with E-state index in [0.29, 0.717) is 11.4 Å². The molecule has 0 atom stereocenters. The SMILES string of the molecule is CCOC(=O)C(C#N)=Cc1c(Oc2ccc(CC)cc2)nc2ccccn2c1=O. The number of rotatable bonds is 6. The highest BCUT2D eigenvalue weighted by atomic mass is 16.5. The van der Waals surface area contributed by atoms with Crippen LogP contribution in [0.2, 0.25) is 0 Å². The first-order valence-electron chi connectivity index (χ1n) is 9.14. The molecule has 7 nitrogen and oxygen atoms in total. The molecule has 2 aromatic heterocycles. The Labute approximate surface area is 167 Å². The van der Waals surface area contributed by atoms with Gasteiger partial charge in [-0.25, -0.2) is 4.79 Å². The zero-order valence-electron chi connectivity index (χ0n) is 16.1. The summed E-state index contributed by atoms with van der Waals surface area (Å²) in [5.41, 5.74) is 0.723. The molecule has 0 unspecified atom stereocenters. The third kappa shape index (κ3) is 4.33. The molecule has 0 amide bonds. The molecule has 0 radical (unpaired) electrons. The number of aryl methyl sites for hydroxylation is 1. The van der Waals surface area contributed by atoms with E-state index in [4.69, 9.17) is 9.47 Å². The third-order valence-corrected chi connectivity index (χ3v) is 4.18. The number of benzene rings is 1. The topological polar surface area (TPSA) is 93.7 Å². The molecule has 0 spiro atoms. The van der Waals surface area contributed by atoms with Crippen LogP contribution in [-0.4, -0.2) is 22.0 Å². The molecule has 3 aromatic rings. The van der Waals surface area contributed by atoms with Crippen LogP contribution in [0, 0.1) is 11.3 Å². The Morgan fingerprint density at radius 2 is 1.97 bits per heavy atom. The highest BCUT2D eigenvalue weighted by Crippen LogP contribution is 2.24. The van der Waals surface area contributed by atoms with E-state index in [1.165, 1.54) is 4.40 Å². The Kier molecular flexibility index (Phi) is 6.05. The van der Waals surface area contributed by atoms with Gasteiger partial charge in [0.15, 0.2) is 0 Å². The monoisotopic (exact) mass is 389 g/mol. The minimum Gasteiger partial charge on any atom is -0.462 e. The zero-order chi connectivity index (χ0) is 20.8. The van der Waals surface area contributed by atoms with Crippen molar-refractivity contribution in [3.63, 3.8) is 0 Å². The van der Waals surface area contributed by atoms with Gasteiger partial charge in [-0.05, 0) is 49.2 Å². The number of carbonyl (C=O) groups is 1. The Bertz CT molecular complexity index is 1170. The van der Waals surface area contributed by atoms with Crippen molar-refractivity contribution >= 4 is 17.7 Å². The fourth-order valence-electron chi connectivity index (χ4n) is 2.68.